The lowest BCUT2D eigenvalue weighted by Crippen LogP contribution is -2.57. The minimum absolute atomic E-state index is 0.193. The average Bonchev–Trinajstić information content (AvgIpc) is 2.91. The summed E-state index contributed by atoms with van der Waals surface area (Å²) >= 11 is 1.68. The molecule has 5 heteroatoms. The number of thiophene rings is 1. The largest absolute Gasteiger partial charge is 0.465 e. The first-order chi connectivity index (χ1) is 8.77. The smallest absolute Gasteiger partial charge is 0.328 e. The first kappa shape index (κ1) is 13.5. The highest BCUT2D eigenvalue weighted by molar-refractivity contribution is 7.09. The summed E-state index contributed by atoms with van der Waals surface area (Å²) in [5.74, 6) is -0.193. The van der Waals surface area contributed by atoms with Crippen molar-refractivity contribution in [2.24, 2.45) is 0 Å². The lowest BCUT2D eigenvalue weighted by molar-refractivity contribution is -0.157. The number of carbonyl (C=O) groups excluding carboxylic acids is 1. The van der Waals surface area contributed by atoms with E-state index in [1.807, 2.05) is 18.4 Å². The van der Waals surface area contributed by atoms with Gasteiger partial charge in [0.15, 0.2) is 0 Å². The van der Waals surface area contributed by atoms with Crippen molar-refractivity contribution in [2.75, 3.05) is 19.8 Å². The molecule has 1 aromatic heterocycles. The molecule has 2 heterocycles. The molecule has 1 saturated heterocycles. The molecule has 0 aromatic carbocycles. The zero-order valence-electron chi connectivity index (χ0n) is 10.6. The number of rotatable bonds is 5. The Hall–Kier alpha value is -0.910. The molecule has 1 aliphatic heterocycles. The van der Waals surface area contributed by atoms with E-state index in [1.165, 1.54) is 4.88 Å². The van der Waals surface area contributed by atoms with Gasteiger partial charge in [-0.1, -0.05) is 6.07 Å². The molecule has 1 fully saturated rings. The predicted octanol–water partition coefficient (Wildman–Crippen LogP) is 1.95. The molecule has 0 spiro atoms. The van der Waals surface area contributed by atoms with Gasteiger partial charge in [0, 0.05) is 18.0 Å². The van der Waals surface area contributed by atoms with E-state index in [0.717, 1.165) is 19.4 Å². The van der Waals surface area contributed by atoms with Crippen LogP contribution in [0, 0.1) is 0 Å². The predicted molar refractivity (Wildman–Crippen MR) is 70.6 cm³/mol. The fourth-order valence-electron chi connectivity index (χ4n) is 2.11. The molecule has 0 aliphatic carbocycles. The highest BCUT2D eigenvalue weighted by atomic mass is 32.1. The van der Waals surface area contributed by atoms with Crippen molar-refractivity contribution in [3.8, 4) is 0 Å². The van der Waals surface area contributed by atoms with Gasteiger partial charge in [-0.3, -0.25) is 5.32 Å². The summed E-state index contributed by atoms with van der Waals surface area (Å²) in [6.07, 6.45) is 1.66. The van der Waals surface area contributed by atoms with Crippen LogP contribution in [0.25, 0.3) is 0 Å². The Bertz CT molecular complexity index is 372. The molecule has 0 saturated carbocycles. The Morgan fingerprint density at radius 1 is 1.67 bits per heavy atom. The fraction of sp³-hybridized carbons (Fsp3) is 0.615. The fourth-order valence-corrected chi connectivity index (χ4v) is 2.75. The summed E-state index contributed by atoms with van der Waals surface area (Å²) in [4.78, 5) is 13.3. The summed E-state index contributed by atoms with van der Waals surface area (Å²) in [5, 5.41) is 5.37. The van der Waals surface area contributed by atoms with Crippen molar-refractivity contribution in [1.29, 1.82) is 0 Å². The highest BCUT2D eigenvalue weighted by Gasteiger charge is 2.41. The van der Waals surface area contributed by atoms with Crippen LogP contribution in [0.15, 0.2) is 17.5 Å². The Balaban J connectivity index is 2.01. The second-order valence-corrected chi connectivity index (χ2v) is 5.42. The Kier molecular flexibility index (Phi) is 4.74. The van der Waals surface area contributed by atoms with Crippen molar-refractivity contribution < 1.29 is 14.3 Å². The second kappa shape index (κ2) is 6.31. The maximum absolute atomic E-state index is 12.1. The molecule has 0 amide bonds. The first-order valence-corrected chi connectivity index (χ1v) is 7.17. The quantitative estimate of drug-likeness (QED) is 0.830. The van der Waals surface area contributed by atoms with E-state index in [4.69, 9.17) is 9.47 Å². The molecular weight excluding hydrogens is 250 g/mol. The normalized spacial score (nSPS) is 23.8. The Labute approximate surface area is 111 Å². The molecular formula is C13H19NO3S. The van der Waals surface area contributed by atoms with Gasteiger partial charge in [0.2, 0.25) is 0 Å². The van der Waals surface area contributed by atoms with Gasteiger partial charge in [-0.15, -0.1) is 11.3 Å². The van der Waals surface area contributed by atoms with Gasteiger partial charge in [0.1, 0.15) is 5.54 Å². The van der Waals surface area contributed by atoms with E-state index in [0.29, 0.717) is 19.8 Å². The molecule has 1 unspecified atom stereocenters. The third-order valence-corrected chi connectivity index (χ3v) is 3.96. The molecule has 100 valence electrons. The third-order valence-electron chi connectivity index (χ3n) is 3.09. The Morgan fingerprint density at radius 3 is 3.17 bits per heavy atom. The van der Waals surface area contributed by atoms with Gasteiger partial charge in [0.05, 0.1) is 13.2 Å². The number of hydrogen-bond acceptors (Lipinski definition) is 5. The van der Waals surface area contributed by atoms with Crippen molar-refractivity contribution in [3.05, 3.63) is 22.4 Å². The van der Waals surface area contributed by atoms with E-state index in [1.54, 1.807) is 11.3 Å². The van der Waals surface area contributed by atoms with Gasteiger partial charge in [-0.2, -0.15) is 0 Å². The van der Waals surface area contributed by atoms with E-state index < -0.39 is 5.54 Å². The lowest BCUT2D eigenvalue weighted by atomic mass is 9.92. The number of esters is 1. The van der Waals surface area contributed by atoms with E-state index in [-0.39, 0.29) is 5.97 Å². The molecule has 1 aromatic rings. The summed E-state index contributed by atoms with van der Waals surface area (Å²) < 4.78 is 10.6. The topological polar surface area (TPSA) is 47.6 Å². The molecule has 1 aliphatic rings. The highest BCUT2D eigenvalue weighted by Crippen LogP contribution is 2.22. The van der Waals surface area contributed by atoms with Crippen LogP contribution >= 0.6 is 11.3 Å². The second-order valence-electron chi connectivity index (χ2n) is 4.39. The molecule has 18 heavy (non-hydrogen) atoms. The molecule has 0 radical (unpaired) electrons. The molecule has 1 N–H and O–H groups in total. The SMILES string of the molecule is CCOC(=O)C1(NCc2cccs2)CCCOC1. The van der Waals surface area contributed by atoms with Crippen molar-refractivity contribution in [3.63, 3.8) is 0 Å². The molecule has 4 nitrogen and oxygen atoms in total. The summed E-state index contributed by atoms with van der Waals surface area (Å²) in [6, 6.07) is 4.07. The first-order valence-electron chi connectivity index (χ1n) is 6.29. The van der Waals surface area contributed by atoms with Crippen LogP contribution in [-0.4, -0.2) is 31.3 Å². The standard InChI is InChI=1S/C13H19NO3S/c1-2-17-12(15)13(6-4-7-16-10-13)14-9-11-5-3-8-18-11/h3,5,8,14H,2,4,6-7,9-10H2,1H3. The van der Waals surface area contributed by atoms with Crippen LogP contribution < -0.4 is 5.32 Å². The van der Waals surface area contributed by atoms with E-state index in [9.17, 15) is 4.79 Å². The Morgan fingerprint density at radius 2 is 2.56 bits per heavy atom. The van der Waals surface area contributed by atoms with Crippen molar-refractivity contribution in [2.45, 2.75) is 31.8 Å². The minimum Gasteiger partial charge on any atom is -0.465 e. The summed E-state index contributed by atoms with van der Waals surface area (Å²) in [6.45, 7) is 4.04. The molecule has 1 atom stereocenters. The van der Waals surface area contributed by atoms with E-state index in [2.05, 4.69) is 11.4 Å². The number of hydrogen-bond donors (Lipinski definition) is 1. The molecule has 2 rings (SSSR count). The van der Waals surface area contributed by atoms with Crippen LogP contribution in [0.5, 0.6) is 0 Å². The van der Waals surface area contributed by atoms with Crippen molar-refractivity contribution >= 4 is 17.3 Å². The monoisotopic (exact) mass is 269 g/mol. The van der Waals surface area contributed by atoms with Crippen LogP contribution in [-0.2, 0) is 20.8 Å². The average molecular weight is 269 g/mol. The van der Waals surface area contributed by atoms with Gasteiger partial charge in [-0.05, 0) is 31.2 Å². The number of carbonyl (C=O) groups is 1. The van der Waals surface area contributed by atoms with Crippen LogP contribution in [0.4, 0.5) is 0 Å². The minimum atomic E-state index is -0.668. The third kappa shape index (κ3) is 3.10. The summed E-state index contributed by atoms with van der Waals surface area (Å²) in [5.41, 5.74) is -0.668. The van der Waals surface area contributed by atoms with Gasteiger partial charge in [0.25, 0.3) is 0 Å². The number of nitrogens with one attached hydrogen (secondary N) is 1. The van der Waals surface area contributed by atoms with Gasteiger partial charge in [-0.25, -0.2) is 4.79 Å². The zero-order chi connectivity index (χ0) is 12.8. The van der Waals surface area contributed by atoms with Crippen LogP contribution in [0.2, 0.25) is 0 Å². The summed E-state index contributed by atoms with van der Waals surface area (Å²) in [7, 11) is 0. The lowest BCUT2D eigenvalue weighted by Gasteiger charge is -2.35. The van der Waals surface area contributed by atoms with Gasteiger partial charge >= 0.3 is 5.97 Å². The van der Waals surface area contributed by atoms with Crippen LogP contribution in [0.3, 0.4) is 0 Å². The van der Waals surface area contributed by atoms with Gasteiger partial charge < -0.3 is 9.47 Å². The number of ether oxygens (including phenoxy) is 2. The zero-order valence-corrected chi connectivity index (χ0v) is 11.4. The maximum atomic E-state index is 12.1. The maximum Gasteiger partial charge on any atom is 0.328 e. The van der Waals surface area contributed by atoms with E-state index >= 15 is 0 Å². The van der Waals surface area contributed by atoms with Crippen LogP contribution in [0.1, 0.15) is 24.6 Å². The molecule has 0 bridgehead atoms. The van der Waals surface area contributed by atoms with Crippen molar-refractivity contribution in [1.82, 2.24) is 5.32 Å².